The number of nitrogens with one attached hydrogen (secondary N) is 1. The molecule has 2 aromatic rings. The predicted octanol–water partition coefficient (Wildman–Crippen LogP) is 4.00. The fraction of sp³-hybridized carbons (Fsp3) is 0.550. The maximum atomic E-state index is 12.2. The van der Waals surface area contributed by atoms with Crippen molar-refractivity contribution in [3.63, 3.8) is 0 Å². The molecular formula is C20H28N4O. The first-order chi connectivity index (χ1) is 12.2. The molecule has 0 atom stereocenters. The molecular weight excluding hydrogens is 312 g/mol. The molecule has 0 aliphatic heterocycles. The summed E-state index contributed by atoms with van der Waals surface area (Å²) in [7, 11) is 1.76. The van der Waals surface area contributed by atoms with Crippen LogP contribution in [0, 0.1) is 5.92 Å². The first-order valence-corrected chi connectivity index (χ1v) is 9.46. The molecule has 5 heteroatoms. The Labute approximate surface area is 149 Å². The Balaban J connectivity index is 1.54. The first-order valence-electron chi connectivity index (χ1n) is 9.46. The molecule has 0 spiro atoms. The zero-order chi connectivity index (χ0) is 17.5. The molecule has 1 aliphatic carbocycles. The molecule has 0 radical (unpaired) electrons. The highest BCUT2D eigenvalue weighted by Crippen LogP contribution is 2.27. The number of anilines is 1. The molecule has 1 saturated carbocycles. The first kappa shape index (κ1) is 17.6. The number of pyridine rings is 1. The average molecular weight is 340 g/mol. The van der Waals surface area contributed by atoms with E-state index in [4.69, 9.17) is 0 Å². The van der Waals surface area contributed by atoms with Crippen LogP contribution in [0.5, 0.6) is 0 Å². The average Bonchev–Trinajstić information content (AvgIpc) is 2.66. The number of rotatable bonds is 7. The van der Waals surface area contributed by atoms with E-state index >= 15 is 0 Å². The monoisotopic (exact) mass is 340 g/mol. The van der Waals surface area contributed by atoms with E-state index in [0.29, 0.717) is 11.6 Å². The molecule has 0 saturated heterocycles. The second-order valence-corrected chi connectivity index (χ2v) is 7.02. The molecule has 0 aromatic carbocycles. The summed E-state index contributed by atoms with van der Waals surface area (Å²) in [5.74, 6) is 1.57. The summed E-state index contributed by atoms with van der Waals surface area (Å²) in [6.45, 7) is 0.854. The number of aromatic nitrogens is 3. The highest BCUT2D eigenvalue weighted by atomic mass is 16.1. The zero-order valence-electron chi connectivity index (χ0n) is 15.1. The third-order valence-electron chi connectivity index (χ3n) is 5.16. The normalized spacial score (nSPS) is 15.2. The van der Waals surface area contributed by atoms with Crippen LogP contribution in [0.3, 0.4) is 0 Å². The minimum atomic E-state index is -0.0495. The topological polar surface area (TPSA) is 59.8 Å². The van der Waals surface area contributed by atoms with E-state index in [2.05, 4.69) is 15.3 Å². The second-order valence-electron chi connectivity index (χ2n) is 7.02. The summed E-state index contributed by atoms with van der Waals surface area (Å²) in [6, 6.07) is 5.31. The van der Waals surface area contributed by atoms with Crippen molar-refractivity contribution < 1.29 is 0 Å². The molecule has 0 unspecified atom stereocenters. The van der Waals surface area contributed by atoms with Crippen LogP contribution in [0.1, 0.15) is 51.4 Å². The van der Waals surface area contributed by atoms with E-state index in [1.54, 1.807) is 30.1 Å². The quantitative estimate of drug-likeness (QED) is 0.774. The highest BCUT2D eigenvalue weighted by Gasteiger charge is 2.12. The van der Waals surface area contributed by atoms with Crippen molar-refractivity contribution in [1.82, 2.24) is 14.5 Å². The molecule has 1 N–H and O–H groups in total. The molecule has 5 nitrogen and oxygen atoms in total. The van der Waals surface area contributed by atoms with Gasteiger partial charge in [0, 0.05) is 37.6 Å². The Bertz CT molecular complexity index is 720. The predicted molar refractivity (Wildman–Crippen MR) is 102 cm³/mol. The Hall–Kier alpha value is -2.17. The summed E-state index contributed by atoms with van der Waals surface area (Å²) < 4.78 is 1.58. The van der Waals surface area contributed by atoms with E-state index < -0.39 is 0 Å². The van der Waals surface area contributed by atoms with Gasteiger partial charge in [-0.05, 0) is 24.5 Å². The molecule has 25 heavy (non-hydrogen) atoms. The van der Waals surface area contributed by atoms with E-state index in [0.717, 1.165) is 24.4 Å². The van der Waals surface area contributed by atoms with Gasteiger partial charge in [-0.2, -0.15) is 0 Å². The Morgan fingerprint density at radius 2 is 1.92 bits per heavy atom. The van der Waals surface area contributed by atoms with Crippen molar-refractivity contribution in [2.45, 2.75) is 51.4 Å². The summed E-state index contributed by atoms with van der Waals surface area (Å²) in [6.07, 6.45) is 14.2. The molecule has 0 bridgehead atoms. The lowest BCUT2D eigenvalue weighted by atomic mass is 9.86. The maximum absolute atomic E-state index is 12.2. The zero-order valence-corrected chi connectivity index (χ0v) is 15.1. The Morgan fingerprint density at radius 1 is 1.16 bits per heavy atom. The van der Waals surface area contributed by atoms with Gasteiger partial charge in [0.15, 0.2) is 0 Å². The summed E-state index contributed by atoms with van der Waals surface area (Å²) in [5, 5.41) is 3.34. The van der Waals surface area contributed by atoms with Gasteiger partial charge >= 0.3 is 0 Å². The fourth-order valence-corrected chi connectivity index (χ4v) is 3.60. The van der Waals surface area contributed by atoms with Crippen LogP contribution < -0.4 is 10.9 Å². The van der Waals surface area contributed by atoms with Gasteiger partial charge < -0.3 is 5.32 Å². The van der Waals surface area contributed by atoms with Gasteiger partial charge in [-0.15, -0.1) is 0 Å². The van der Waals surface area contributed by atoms with Crippen molar-refractivity contribution in [3.8, 4) is 11.3 Å². The fourth-order valence-electron chi connectivity index (χ4n) is 3.60. The van der Waals surface area contributed by atoms with Gasteiger partial charge in [-0.1, -0.05) is 44.9 Å². The highest BCUT2D eigenvalue weighted by molar-refractivity contribution is 5.59. The SMILES string of the molecule is Cn1c(NCCCCC2CCCCC2)nc(-c2ccncc2)cc1=O. The number of hydrogen-bond donors (Lipinski definition) is 1. The second kappa shape index (κ2) is 8.79. The standard InChI is InChI=1S/C20H28N4O/c1-24-19(25)15-18(17-10-13-21-14-11-17)23-20(24)22-12-6-5-9-16-7-3-2-4-8-16/h10-11,13-16H,2-9,12H2,1H3,(H,22,23). The summed E-state index contributed by atoms with van der Waals surface area (Å²) in [4.78, 5) is 20.8. The van der Waals surface area contributed by atoms with Gasteiger partial charge in [0.2, 0.25) is 5.95 Å². The minimum Gasteiger partial charge on any atom is -0.356 e. The number of nitrogens with zero attached hydrogens (tertiary/aromatic N) is 3. The van der Waals surface area contributed by atoms with E-state index in [1.807, 2.05) is 12.1 Å². The van der Waals surface area contributed by atoms with Crippen molar-refractivity contribution in [1.29, 1.82) is 0 Å². The minimum absolute atomic E-state index is 0.0495. The van der Waals surface area contributed by atoms with Crippen LogP contribution in [0.2, 0.25) is 0 Å². The van der Waals surface area contributed by atoms with Crippen molar-refractivity contribution >= 4 is 5.95 Å². The molecule has 1 aliphatic rings. The van der Waals surface area contributed by atoms with Gasteiger partial charge in [-0.25, -0.2) is 4.98 Å². The van der Waals surface area contributed by atoms with Crippen LogP contribution in [-0.2, 0) is 7.05 Å². The van der Waals surface area contributed by atoms with Crippen molar-refractivity contribution in [3.05, 3.63) is 40.9 Å². The molecule has 3 rings (SSSR count). The van der Waals surface area contributed by atoms with Crippen molar-refractivity contribution in [2.24, 2.45) is 13.0 Å². The van der Waals surface area contributed by atoms with E-state index in [1.165, 1.54) is 44.9 Å². The van der Waals surface area contributed by atoms with E-state index in [9.17, 15) is 4.79 Å². The maximum Gasteiger partial charge on any atom is 0.255 e. The number of unbranched alkanes of at least 4 members (excludes halogenated alkanes) is 1. The third-order valence-corrected chi connectivity index (χ3v) is 5.16. The van der Waals surface area contributed by atoms with Crippen LogP contribution >= 0.6 is 0 Å². The van der Waals surface area contributed by atoms with Crippen LogP contribution in [-0.4, -0.2) is 21.1 Å². The lowest BCUT2D eigenvalue weighted by Gasteiger charge is -2.21. The van der Waals surface area contributed by atoms with Crippen LogP contribution in [0.4, 0.5) is 5.95 Å². The third kappa shape index (κ3) is 4.91. The van der Waals surface area contributed by atoms with E-state index in [-0.39, 0.29) is 5.56 Å². The molecule has 2 aromatic heterocycles. The van der Waals surface area contributed by atoms with Gasteiger partial charge in [-0.3, -0.25) is 14.3 Å². The Morgan fingerprint density at radius 3 is 2.68 bits per heavy atom. The lowest BCUT2D eigenvalue weighted by molar-refractivity contribution is 0.331. The van der Waals surface area contributed by atoms with Gasteiger partial charge in [0.1, 0.15) is 0 Å². The Kier molecular flexibility index (Phi) is 6.20. The number of hydrogen-bond acceptors (Lipinski definition) is 4. The molecule has 134 valence electrons. The largest absolute Gasteiger partial charge is 0.356 e. The van der Waals surface area contributed by atoms with Gasteiger partial charge in [0.05, 0.1) is 5.69 Å². The smallest absolute Gasteiger partial charge is 0.255 e. The van der Waals surface area contributed by atoms with Crippen molar-refractivity contribution in [2.75, 3.05) is 11.9 Å². The van der Waals surface area contributed by atoms with Crippen LogP contribution in [0.15, 0.2) is 35.4 Å². The molecule has 2 heterocycles. The van der Waals surface area contributed by atoms with Gasteiger partial charge in [0.25, 0.3) is 5.56 Å². The lowest BCUT2D eigenvalue weighted by Crippen LogP contribution is -2.22. The molecule has 1 fully saturated rings. The summed E-state index contributed by atoms with van der Waals surface area (Å²) in [5.41, 5.74) is 1.55. The molecule has 0 amide bonds. The summed E-state index contributed by atoms with van der Waals surface area (Å²) >= 11 is 0. The van der Waals surface area contributed by atoms with Crippen LogP contribution in [0.25, 0.3) is 11.3 Å².